The molecule has 0 saturated carbocycles. The molecule has 0 aliphatic carbocycles. The molecule has 0 aromatic carbocycles. The second-order valence-corrected chi connectivity index (χ2v) is 16.0. The molecule has 0 radical (unpaired) electrons. The Morgan fingerprint density at radius 2 is 1.02 bits per heavy atom. The Kier molecular flexibility index (Phi) is 35.4. The average molecular weight is 802 g/mol. The van der Waals surface area contributed by atoms with Crippen LogP contribution in [0.3, 0.4) is 0 Å². The highest BCUT2D eigenvalue weighted by atomic mass is 31.2. The van der Waals surface area contributed by atoms with Gasteiger partial charge in [0.2, 0.25) is 0 Å². The highest BCUT2D eigenvalue weighted by molar-refractivity contribution is 7.45. The van der Waals surface area contributed by atoms with Gasteiger partial charge in [0.1, 0.15) is 19.8 Å². The molecule has 0 aliphatic rings. The van der Waals surface area contributed by atoms with Crippen LogP contribution in [0.1, 0.15) is 129 Å². The first kappa shape index (κ1) is 52.9. The molecule has 318 valence electrons. The van der Waals surface area contributed by atoms with Crippen molar-refractivity contribution in [3.63, 3.8) is 0 Å². The van der Waals surface area contributed by atoms with Crippen molar-refractivity contribution in [3.8, 4) is 0 Å². The third kappa shape index (κ3) is 40.6. The molecule has 0 N–H and O–H groups in total. The maximum absolute atomic E-state index is 12.6. The standard InChI is InChI=1S/C46H76NO8P/c1-6-8-10-12-13-14-15-16-17-18-19-20-21-22-23-24-25-26-27-28-29-30-31-32-33-35-37-39-46(49)55-44(42-52-45(48)38-36-34-11-9-7-2)43-54-56(50,51)53-41-40-47(3,4)5/h8,10,13-14,16-17,19-20,22-23,25-26,28-29,31-32,44H,6-7,9,11-12,15,18,21,24,27,30,33-43H2,1-5H3/b10-8-,14-13-,17-16-,20-19-,23-22-,26-25-,29-28-,32-31-. The Balaban J connectivity index is 4.29. The van der Waals surface area contributed by atoms with E-state index < -0.39 is 32.5 Å². The van der Waals surface area contributed by atoms with Crippen molar-refractivity contribution in [2.45, 2.75) is 136 Å². The fourth-order valence-corrected chi connectivity index (χ4v) is 5.57. The lowest BCUT2D eigenvalue weighted by atomic mass is 10.1. The highest BCUT2D eigenvalue weighted by Gasteiger charge is 2.21. The van der Waals surface area contributed by atoms with Crippen LogP contribution in [-0.4, -0.2) is 70.0 Å². The van der Waals surface area contributed by atoms with Gasteiger partial charge in [-0.2, -0.15) is 0 Å². The fraction of sp³-hybridized carbons (Fsp3) is 0.609. The first-order valence-electron chi connectivity index (χ1n) is 20.9. The molecule has 0 aromatic heterocycles. The predicted molar refractivity (Wildman–Crippen MR) is 231 cm³/mol. The summed E-state index contributed by atoms with van der Waals surface area (Å²) in [7, 11) is 1.11. The second-order valence-electron chi connectivity index (χ2n) is 14.6. The molecule has 0 spiro atoms. The Labute approximate surface area is 341 Å². The van der Waals surface area contributed by atoms with Crippen molar-refractivity contribution < 1.29 is 42.1 Å². The van der Waals surface area contributed by atoms with Crippen molar-refractivity contribution in [3.05, 3.63) is 97.2 Å². The van der Waals surface area contributed by atoms with Crippen LogP contribution >= 0.6 is 7.82 Å². The van der Waals surface area contributed by atoms with E-state index in [1.807, 2.05) is 21.1 Å². The summed E-state index contributed by atoms with van der Waals surface area (Å²) in [6.07, 6.45) is 49.2. The molecule has 0 saturated heterocycles. The summed E-state index contributed by atoms with van der Waals surface area (Å²) < 4.78 is 33.5. The number of phosphoric ester groups is 1. The van der Waals surface area contributed by atoms with Gasteiger partial charge in [-0.25, -0.2) is 0 Å². The third-order valence-electron chi connectivity index (χ3n) is 8.12. The van der Waals surface area contributed by atoms with Crippen molar-refractivity contribution in [2.75, 3.05) is 47.5 Å². The molecule has 0 aromatic rings. The predicted octanol–water partition coefficient (Wildman–Crippen LogP) is 11.2. The van der Waals surface area contributed by atoms with E-state index in [1.165, 1.54) is 0 Å². The molecule has 0 fully saturated rings. The molecule has 2 atom stereocenters. The molecule has 0 bridgehead atoms. The number of quaternary nitrogens is 1. The van der Waals surface area contributed by atoms with Gasteiger partial charge < -0.3 is 27.9 Å². The Bertz CT molecular complexity index is 1270. The number of hydrogen-bond acceptors (Lipinski definition) is 8. The number of phosphoric acid groups is 1. The van der Waals surface area contributed by atoms with Crippen LogP contribution < -0.4 is 4.89 Å². The number of carbonyl (C=O) groups is 2. The van der Waals surface area contributed by atoms with Crippen LogP contribution in [0, 0.1) is 0 Å². The number of carbonyl (C=O) groups excluding carboxylic acids is 2. The quantitative estimate of drug-likeness (QED) is 0.0202. The summed E-state index contributed by atoms with van der Waals surface area (Å²) in [5.41, 5.74) is 0. The zero-order chi connectivity index (χ0) is 41.4. The van der Waals surface area contributed by atoms with E-state index in [0.29, 0.717) is 23.9 Å². The van der Waals surface area contributed by atoms with Gasteiger partial charge in [0.05, 0.1) is 27.7 Å². The van der Waals surface area contributed by atoms with Crippen molar-refractivity contribution in [1.82, 2.24) is 0 Å². The van der Waals surface area contributed by atoms with Gasteiger partial charge in [-0.15, -0.1) is 0 Å². The largest absolute Gasteiger partial charge is 0.756 e. The van der Waals surface area contributed by atoms with E-state index in [0.717, 1.165) is 89.9 Å². The second kappa shape index (κ2) is 37.5. The smallest absolute Gasteiger partial charge is 0.306 e. The summed E-state index contributed by atoms with van der Waals surface area (Å²) in [6, 6.07) is 0. The number of esters is 2. The number of unbranched alkanes of at least 4 members (excludes halogenated alkanes) is 6. The molecular formula is C46H76NO8P. The molecule has 56 heavy (non-hydrogen) atoms. The minimum Gasteiger partial charge on any atom is -0.756 e. The van der Waals surface area contributed by atoms with E-state index in [9.17, 15) is 19.0 Å². The minimum atomic E-state index is -4.63. The van der Waals surface area contributed by atoms with Crippen LogP contribution in [0.4, 0.5) is 0 Å². The van der Waals surface area contributed by atoms with Crippen LogP contribution in [0.25, 0.3) is 0 Å². The van der Waals surface area contributed by atoms with Crippen LogP contribution in [0.2, 0.25) is 0 Å². The van der Waals surface area contributed by atoms with Gasteiger partial charge in [0.25, 0.3) is 7.82 Å². The minimum absolute atomic E-state index is 0.0448. The average Bonchev–Trinajstić information content (AvgIpc) is 3.15. The fourth-order valence-electron chi connectivity index (χ4n) is 4.84. The first-order valence-corrected chi connectivity index (χ1v) is 22.4. The van der Waals surface area contributed by atoms with Crippen molar-refractivity contribution in [2.24, 2.45) is 0 Å². The van der Waals surface area contributed by atoms with Gasteiger partial charge in [-0.1, -0.05) is 137 Å². The number of nitrogens with zero attached hydrogens (tertiary/aromatic N) is 1. The Hall–Kier alpha value is -3.07. The van der Waals surface area contributed by atoms with Crippen LogP contribution in [0.15, 0.2) is 97.2 Å². The summed E-state index contributed by atoms with van der Waals surface area (Å²) in [5.74, 6) is -0.912. The number of rotatable bonds is 36. The van der Waals surface area contributed by atoms with Gasteiger partial charge >= 0.3 is 11.9 Å². The van der Waals surface area contributed by atoms with E-state index in [2.05, 4.69) is 111 Å². The van der Waals surface area contributed by atoms with Gasteiger partial charge in [-0.05, 0) is 77.0 Å². The first-order chi connectivity index (χ1) is 27.0. The summed E-state index contributed by atoms with van der Waals surface area (Å²) >= 11 is 0. The SMILES string of the molecule is CC/C=C\C/C=C\C/C=C\C/C=C\C/C=C\C/C=C\C/C=C\C/C=C\CCCCC(=O)OC(COC(=O)CCCCCCC)COP(=O)([O-])OCC[N+](C)(C)C. The summed E-state index contributed by atoms with van der Waals surface area (Å²) in [6.45, 7) is 3.92. The van der Waals surface area contributed by atoms with Crippen LogP contribution in [0.5, 0.6) is 0 Å². The Morgan fingerprint density at radius 3 is 1.50 bits per heavy atom. The molecule has 0 rings (SSSR count). The Morgan fingerprint density at radius 1 is 0.571 bits per heavy atom. The zero-order valence-corrected chi connectivity index (χ0v) is 36.4. The molecule has 0 amide bonds. The van der Waals surface area contributed by atoms with Crippen LogP contribution in [-0.2, 0) is 32.7 Å². The number of likely N-dealkylation sites (N-methyl/N-ethyl adjacent to an activating group) is 1. The van der Waals surface area contributed by atoms with Gasteiger partial charge in [-0.3, -0.25) is 14.2 Å². The number of hydrogen-bond donors (Lipinski definition) is 0. The molecule has 2 unspecified atom stereocenters. The van der Waals surface area contributed by atoms with E-state index in [-0.39, 0.29) is 26.1 Å². The highest BCUT2D eigenvalue weighted by Crippen LogP contribution is 2.38. The van der Waals surface area contributed by atoms with Crippen molar-refractivity contribution in [1.29, 1.82) is 0 Å². The topological polar surface area (TPSA) is 111 Å². The molecular weight excluding hydrogens is 725 g/mol. The number of allylic oxidation sites excluding steroid dienone is 16. The lowest BCUT2D eigenvalue weighted by Gasteiger charge is -2.28. The van der Waals surface area contributed by atoms with E-state index >= 15 is 0 Å². The molecule has 9 nitrogen and oxygen atoms in total. The third-order valence-corrected chi connectivity index (χ3v) is 9.08. The molecule has 0 heterocycles. The summed E-state index contributed by atoms with van der Waals surface area (Å²) in [5, 5.41) is 0. The lowest BCUT2D eigenvalue weighted by molar-refractivity contribution is -0.870. The molecule has 10 heteroatoms. The monoisotopic (exact) mass is 802 g/mol. The zero-order valence-electron chi connectivity index (χ0n) is 35.5. The van der Waals surface area contributed by atoms with E-state index in [4.69, 9.17) is 18.5 Å². The molecule has 0 aliphatic heterocycles. The van der Waals surface area contributed by atoms with E-state index in [1.54, 1.807) is 0 Å². The van der Waals surface area contributed by atoms with Gasteiger partial charge in [0.15, 0.2) is 6.10 Å². The normalized spacial score (nSPS) is 14.6. The summed E-state index contributed by atoms with van der Waals surface area (Å²) in [4.78, 5) is 37.1. The number of ether oxygens (including phenoxy) is 2. The van der Waals surface area contributed by atoms with Gasteiger partial charge in [0, 0.05) is 12.8 Å². The van der Waals surface area contributed by atoms with Crippen molar-refractivity contribution >= 4 is 19.8 Å². The maximum atomic E-state index is 12.6. The lowest BCUT2D eigenvalue weighted by Crippen LogP contribution is -2.37. The maximum Gasteiger partial charge on any atom is 0.306 e.